The lowest BCUT2D eigenvalue weighted by molar-refractivity contribution is -0.131. The van der Waals surface area contributed by atoms with Crippen LogP contribution in [0.5, 0.6) is 0 Å². The highest BCUT2D eigenvalue weighted by atomic mass is 16.2. The number of carbonyl (C=O) groups excluding carboxylic acids is 1. The summed E-state index contributed by atoms with van der Waals surface area (Å²) in [6, 6.07) is 1.56. The van der Waals surface area contributed by atoms with Gasteiger partial charge in [-0.25, -0.2) is 0 Å². The van der Waals surface area contributed by atoms with Gasteiger partial charge in [0, 0.05) is 24.5 Å². The van der Waals surface area contributed by atoms with Crippen molar-refractivity contribution in [3.8, 4) is 0 Å². The Kier molecular flexibility index (Phi) is 2.43. The van der Waals surface area contributed by atoms with E-state index in [2.05, 4.69) is 10.2 Å². The number of fused-ring (bicyclic) bond motifs is 1. The van der Waals surface area contributed by atoms with E-state index in [1.165, 1.54) is 38.5 Å². The van der Waals surface area contributed by atoms with Crippen LogP contribution < -0.4 is 5.32 Å². The van der Waals surface area contributed by atoms with Crippen molar-refractivity contribution in [2.45, 2.75) is 63.1 Å². The average molecular weight is 208 g/mol. The fourth-order valence-electron chi connectivity index (χ4n) is 3.61. The quantitative estimate of drug-likeness (QED) is 0.704. The van der Waals surface area contributed by atoms with Crippen LogP contribution in [0.2, 0.25) is 0 Å². The number of hydrogen-bond acceptors (Lipinski definition) is 2. The van der Waals surface area contributed by atoms with Gasteiger partial charge in [0.15, 0.2) is 0 Å². The molecule has 2 atom stereocenters. The van der Waals surface area contributed by atoms with E-state index in [1.54, 1.807) is 0 Å². The lowest BCUT2D eigenvalue weighted by Gasteiger charge is -2.35. The zero-order valence-corrected chi connectivity index (χ0v) is 9.24. The molecule has 0 spiro atoms. The normalized spacial score (nSPS) is 37.3. The topological polar surface area (TPSA) is 32.3 Å². The summed E-state index contributed by atoms with van der Waals surface area (Å²) in [5, 5.41) is 3.50. The van der Waals surface area contributed by atoms with Gasteiger partial charge in [-0.2, -0.15) is 0 Å². The standard InChI is InChI=1S/C12H20N2O/c15-12-8-10-11(6-3-7-13-10)14(12)9-4-1-2-5-9/h9-11,13H,1-8H2. The van der Waals surface area contributed by atoms with Gasteiger partial charge in [0.05, 0.1) is 0 Å². The number of piperidine rings is 1. The van der Waals surface area contributed by atoms with E-state index in [0.717, 1.165) is 13.0 Å². The first-order valence-electron chi connectivity index (χ1n) is 6.41. The monoisotopic (exact) mass is 208 g/mol. The van der Waals surface area contributed by atoms with Crippen LogP contribution in [0.1, 0.15) is 44.9 Å². The Labute approximate surface area is 91.2 Å². The lowest BCUT2D eigenvalue weighted by atomic mass is 9.98. The zero-order chi connectivity index (χ0) is 10.3. The second-order valence-corrected chi connectivity index (χ2v) is 5.21. The molecule has 2 unspecified atom stereocenters. The number of nitrogens with zero attached hydrogens (tertiary/aromatic N) is 1. The number of likely N-dealkylation sites (tertiary alicyclic amines) is 1. The van der Waals surface area contributed by atoms with Crippen LogP contribution >= 0.6 is 0 Å². The molecule has 0 aromatic heterocycles. The van der Waals surface area contributed by atoms with E-state index in [1.807, 2.05) is 0 Å². The second kappa shape index (κ2) is 3.78. The zero-order valence-electron chi connectivity index (χ0n) is 9.24. The molecule has 84 valence electrons. The summed E-state index contributed by atoms with van der Waals surface area (Å²) in [6.45, 7) is 1.10. The molecule has 3 aliphatic rings. The Hall–Kier alpha value is -0.570. The van der Waals surface area contributed by atoms with Crippen LogP contribution in [0.15, 0.2) is 0 Å². The van der Waals surface area contributed by atoms with E-state index in [9.17, 15) is 4.79 Å². The number of hydrogen-bond donors (Lipinski definition) is 1. The Morgan fingerprint density at radius 2 is 1.93 bits per heavy atom. The van der Waals surface area contributed by atoms with Gasteiger partial charge in [-0.05, 0) is 32.2 Å². The third kappa shape index (κ3) is 1.57. The summed E-state index contributed by atoms with van der Waals surface area (Å²) < 4.78 is 0. The van der Waals surface area contributed by atoms with Crippen LogP contribution in [0.3, 0.4) is 0 Å². The van der Waals surface area contributed by atoms with E-state index in [0.29, 0.717) is 24.0 Å². The van der Waals surface area contributed by atoms with Gasteiger partial charge in [-0.1, -0.05) is 12.8 Å². The highest BCUT2D eigenvalue weighted by Crippen LogP contribution is 2.33. The van der Waals surface area contributed by atoms with Gasteiger partial charge in [-0.15, -0.1) is 0 Å². The summed E-state index contributed by atoms with van der Waals surface area (Å²) in [5.74, 6) is 0.409. The van der Waals surface area contributed by atoms with Gasteiger partial charge >= 0.3 is 0 Å². The molecule has 3 fully saturated rings. The fourth-order valence-corrected chi connectivity index (χ4v) is 3.61. The summed E-state index contributed by atoms with van der Waals surface area (Å²) in [5.41, 5.74) is 0. The molecule has 0 aromatic carbocycles. The summed E-state index contributed by atoms with van der Waals surface area (Å²) >= 11 is 0. The van der Waals surface area contributed by atoms with Crippen LogP contribution in [0, 0.1) is 0 Å². The summed E-state index contributed by atoms with van der Waals surface area (Å²) in [6.07, 6.45) is 8.33. The van der Waals surface area contributed by atoms with Gasteiger partial charge in [0.1, 0.15) is 0 Å². The molecule has 3 heteroatoms. The molecule has 1 aliphatic carbocycles. The largest absolute Gasteiger partial charge is 0.335 e. The number of amides is 1. The number of rotatable bonds is 1. The molecule has 3 nitrogen and oxygen atoms in total. The summed E-state index contributed by atoms with van der Waals surface area (Å²) in [4.78, 5) is 14.3. The van der Waals surface area contributed by atoms with Crippen molar-refractivity contribution >= 4 is 5.91 Å². The molecule has 0 aromatic rings. The van der Waals surface area contributed by atoms with Crippen molar-refractivity contribution in [2.24, 2.45) is 0 Å². The number of nitrogens with one attached hydrogen (secondary N) is 1. The molecule has 0 radical (unpaired) electrons. The van der Waals surface area contributed by atoms with Crippen LogP contribution in [-0.4, -0.2) is 35.5 Å². The van der Waals surface area contributed by atoms with Crippen molar-refractivity contribution < 1.29 is 4.79 Å². The molecule has 15 heavy (non-hydrogen) atoms. The van der Waals surface area contributed by atoms with Gasteiger partial charge in [0.25, 0.3) is 0 Å². The van der Waals surface area contributed by atoms with Crippen molar-refractivity contribution in [2.75, 3.05) is 6.54 Å². The van der Waals surface area contributed by atoms with E-state index >= 15 is 0 Å². The van der Waals surface area contributed by atoms with Crippen LogP contribution in [0.25, 0.3) is 0 Å². The Bertz CT molecular complexity index is 260. The second-order valence-electron chi connectivity index (χ2n) is 5.21. The maximum atomic E-state index is 12.0. The third-order valence-electron chi connectivity index (χ3n) is 4.31. The van der Waals surface area contributed by atoms with Crippen molar-refractivity contribution in [1.82, 2.24) is 10.2 Å². The van der Waals surface area contributed by atoms with E-state index < -0.39 is 0 Å². The smallest absolute Gasteiger partial charge is 0.224 e. The molecule has 2 aliphatic heterocycles. The van der Waals surface area contributed by atoms with Crippen molar-refractivity contribution in [3.05, 3.63) is 0 Å². The molecular weight excluding hydrogens is 188 g/mol. The van der Waals surface area contributed by atoms with Gasteiger partial charge in [-0.3, -0.25) is 4.79 Å². The molecular formula is C12H20N2O. The number of carbonyl (C=O) groups is 1. The SMILES string of the molecule is O=C1CC2NCCCC2N1C1CCCC1. The minimum absolute atomic E-state index is 0.409. The first-order chi connectivity index (χ1) is 7.36. The molecule has 2 saturated heterocycles. The maximum Gasteiger partial charge on any atom is 0.224 e. The molecule has 1 N–H and O–H groups in total. The Morgan fingerprint density at radius 1 is 1.13 bits per heavy atom. The van der Waals surface area contributed by atoms with Gasteiger partial charge < -0.3 is 10.2 Å². The molecule has 0 bridgehead atoms. The Morgan fingerprint density at radius 3 is 2.73 bits per heavy atom. The van der Waals surface area contributed by atoms with Crippen LogP contribution in [-0.2, 0) is 4.79 Å². The predicted octanol–water partition coefficient (Wildman–Crippen LogP) is 1.28. The highest BCUT2D eigenvalue weighted by molar-refractivity contribution is 5.80. The molecule has 3 rings (SSSR count). The molecule has 2 heterocycles. The Balaban J connectivity index is 1.77. The summed E-state index contributed by atoms with van der Waals surface area (Å²) in [7, 11) is 0. The van der Waals surface area contributed by atoms with Gasteiger partial charge in [0.2, 0.25) is 5.91 Å². The van der Waals surface area contributed by atoms with Crippen LogP contribution in [0.4, 0.5) is 0 Å². The van der Waals surface area contributed by atoms with Crippen molar-refractivity contribution in [1.29, 1.82) is 0 Å². The lowest BCUT2D eigenvalue weighted by Crippen LogP contribution is -2.49. The molecule has 1 amide bonds. The predicted molar refractivity (Wildman–Crippen MR) is 58.5 cm³/mol. The van der Waals surface area contributed by atoms with Crippen molar-refractivity contribution in [3.63, 3.8) is 0 Å². The molecule has 1 saturated carbocycles. The highest BCUT2D eigenvalue weighted by Gasteiger charge is 2.44. The minimum Gasteiger partial charge on any atom is -0.335 e. The average Bonchev–Trinajstić information content (AvgIpc) is 2.82. The van der Waals surface area contributed by atoms with E-state index in [-0.39, 0.29) is 0 Å². The first-order valence-corrected chi connectivity index (χ1v) is 6.41. The third-order valence-corrected chi connectivity index (χ3v) is 4.31. The first kappa shape index (κ1) is 9.64. The minimum atomic E-state index is 0.409. The maximum absolute atomic E-state index is 12.0. The van der Waals surface area contributed by atoms with E-state index in [4.69, 9.17) is 0 Å². The fraction of sp³-hybridized carbons (Fsp3) is 0.917.